The first-order valence-corrected chi connectivity index (χ1v) is 20.6. The van der Waals surface area contributed by atoms with Gasteiger partial charge in [-0.1, -0.05) is 184 Å². The number of para-hydroxylation sites is 2. The second-order valence-electron chi connectivity index (χ2n) is 16.1. The highest BCUT2D eigenvalue weighted by atomic mass is 15.2. The molecule has 0 fully saturated rings. The maximum absolute atomic E-state index is 5.39. The predicted octanol–water partition coefficient (Wildman–Crippen LogP) is 12.7. The summed E-state index contributed by atoms with van der Waals surface area (Å²) in [6.45, 7) is 4.72. The average Bonchev–Trinajstić information content (AvgIpc) is 3.93. The first kappa shape index (κ1) is 35.0. The van der Waals surface area contributed by atoms with E-state index in [9.17, 15) is 0 Å². The lowest BCUT2D eigenvalue weighted by Gasteiger charge is -2.24. The molecule has 0 N–H and O–H groups in total. The number of nitrogens with zero attached hydrogens (tertiary/aromatic N) is 7. The van der Waals surface area contributed by atoms with Crippen LogP contribution in [0.2, 0.25) is 0 Å². The molecular weight excluding hydrogens is 747 g/mol. The average molecular weight is 784 g/mol. The van der Waals surface area contributed by atoms with Crippen molar-refractivity contribution in [3.63, 3.8) is 0 Å². The molecular formula is C54H37N7. The highest BCUT2D eigenvalue weighted by molar-refractivity contribution is 6.14. The molecule has 0 bridgehead atoms. The van der Waals surface area contributed by atoms with E-state index in [0.29, 0.717) is 23.4 Å². The zero-order chi connectivity index (χ0) is 40.7. The van der Waals surface area contributed by atoms with Gasteiger partial charge in [0.05, 0.1) is 27.9 Å². The Labute approximate surface area is 352 Å². The predicted molar refractivity (Wildman–Crippen MR) is 246 cm³/mol. The van der Waals surface area contributed by atoms with E-state index in [0.717, 1.165) is 67.0 Å². The minimum Gasteiger partial charge on any atom is -0.293 e. The molecule has 4 aromatic heterocycles. The van der Waals surface area contributed by atoms with Gasteiger partial charge in [0.15, 0.2) is 17.5 Å². The highest BCUT2D eigenvalue weighted by Crippen LogP contribution is 2.56. The molecule has 0 spiro atoms. The highest BCUT2D eigenvalue weighted by Gasteiger charge is 2.43. The fourth-order valence-corrected chi connectivity index (χ4v) is 9.51. The lowest BCUT2D eigenvalue weighted by Crippen LogP contribution is -2.17. The van der Waals surface area contributed by atoms with Gasteiger partial charge in [-0.15, -0.1) is 0 Å². The standard InChI is InChI=1S/C54H37N7/c1-54(2)46-40-28-16-18-30-44(40)61(53-58-51(36-23-11-5-12-24-36)57-52(59-53)37-25-13-6-14-26-37)49(46)41-32-31-39-38-27-15-17-29-43(38)60(48(39)47(41)54)45-33-42(34-19-7-3-8-20-34)55-50(56-45)35-21-9-4-10-22-35/h3-33H,1-2H3. The third-order valence-electron chi connectivity index (χ3n) is 12.1. The molecule has 7 nitrogen and oxygen atoms in total. The van der Waals surface area contributed by atoms with Crippen LogP contribution < -0.4 is 0 Å². The van der Waals surface area contributed by atoms with Crippen LogP contribution in [0.1, 0.15) is 25.0 Å². The van der Waals surface area contributed by atoms with E-state index >= 15 is 0 Å². The van der Waals surface area contributed by atoms with E-state index in [4.69, 9.17) is 24.9 Å². The first-order valence-electron chi connectivity index (χ1n) is 20.6. The molecule has 61 heavy (non-hydrogen) atoms. The van der Waals surface area contributed by atoms with Crippen molar-refractivity contribution in [2.45, 2.75) is 19.3 Å². The van der Waals surface area contributed by atoms with Gasteiger partial charge in [0.2, 0.25) is 5.95 Å². The quantitative estimate of drug-likeness (QED) is 0.168. The van der Waals surface area contributed by atoms with Crippen molar-refractivity contribution in [2.75, 3.05) is 0 Å². The number of hydrogen-bond acceptors (Lipinski definition) is 5. The van der Waals surface area contributed by atoms with Crippen LogP contribution in [0.25, 0.3) is 101 Å². The summed E-state index contributed by atoms with van der Waals surface area (Å²) in [6, 6.07) is 65.1. The van der Waals surface area contributed by atoms with Gasteiger partial charge in [-0.3, -0.25) is 9.13 Å². The van der Waals surface area contributed by atoms with Crippen molar-refractivity contribution < 1.29 is 0 Å². The van der Waals surface area contributed by atoms with Crippen LogP contribution in [0.3, 0.4) is 0 Å². The van der Waals surface area contributed by atoms with E-state index in [1.54, 1.807) is 0 Å². The normalized spacial score (nSPS) is 12.9. The second-order valence-corrected chi connectivity index (χ2v) is 16.1. The molecule has 12 rings (SSSR count). The van der Waals surface area contributed by atoms with E-state index in [2.05, 4.69) is 150 Å². The van der Waals surface area contributed by atoms with Crippen molar-refractivity contribution in [2.24, 2.45) is 0 Å². The molecule has 0 radical (unpaired) electrons. The van der Waals surface area contributed by atoms with Crippen LogP contribution >= 0.6 is 0 Å². The molecule has 0 amide bonds. The molecule has 11 aromatic rings. The molecule has 4 heterocycles. The Morgan fingerprint density at radius 2 is 0.885 bits per heavy atom. The monoisotopic (exact) mass is 783 g/mol. The topological polar surface area (TPSA) is 74.3 Å². The van der Waals surface area contributed by atoms with Crippen LogP contribution in [-0.4, -0.2) is 34.1 Å². The maximum Gasteiger partial charge on any atom is 0.238 e. The fourth-order valence-electron chi connectivity index (χ4n) is 9.51. The molecule has 1 aliphatic carbocycles. The zero-order valence-corrected chi connectivity index (χ0v) is 33.5. The molecule has 7 heteroatoms. The van der Waals surface area contributed by atoms with Gasteiger partial charge in [0.1, 0.15) is 5.82 Å². The van der Waals surface area contributed by atoms with Crippen molar-refractivity contribution >= 4 is 32.7 Å². The van der Waals surface area contributed by atoms with Crippen LogP contribution in [0.5, 0.6) is 0 Å². The molecule has 7 aromatic carbocycles. The van der Waals surface area contributed by atoms with Crippen LogP contribution in [0, 0.1) is 0 Å². The molecule has 1 aliphatic rings. The van der Waals surface area contributed by atoms with E-state index in [1.165, 1.54) is 21.9 Å². The summed E-state index contributed by atoms with van der Waals surface area (Å²) in [5, 5.41) is 3.50. The summed E-state index contributed by atoms with van der Waals surface area (Å²) in [5.74, 6) is 3.30. The van der Waals surface area contributed by atoms with Crippen LogP contribution in [0.15, 0.2) is 188 Å². The summed E-state index contributed by atoms with van der Waals surface area (Å²) in [7, 11) is 0. The van der Waals surface area contributed by atoms with E-state index in [-0.39, 0.29) is 0 Å². The Bertz CT molecular complexity index is 3370. The van der Waals surface area contributed by atoms with Gasteiger partial charge in [-0.2, -0.15) is 9.97 Å². The van der Waals surface area contributed by atoms with Gasteiger partial charge in [0, 0.05) is 55.5 Å². The van der Waals surface area contributed by atoms with Gasteiger partial charge in [0.25, 0.3) is 0 Å². The third kappa shape index (κ3) is 5.40. The molecule has 0 saturated heterocycles. The molecule has 288 valence electrons. The number of hydrogen-bond donors (Lipinski definition) is 0. The van der Waals surface area contributed by atoms with Gasteiger partial charge in [-0.25, -0.2) is 15.0 Å². The Kier molecular flexibility index (Phi) is 7.74. The summed E-state index contributed by atoms with van der Waals surface area (Å²) in [4.78, 5) is 26.2. The largest absolute Gasteiger partial charge is 0.293 e. The zero-order valence-electron chi connectivity index (χ0n) is 33.5. The Morgan fingerprint density at radius 3 is 1.48 bits per heavy atom. The minimum absolute atomic E-state index is 0.448. The summed E-state index contributed by atoms with van der Waals surface area (Å²) >= 11 is 0. The summed E-state index contributed by atoms with van der Waals surface area (Å²) < 4.78 is 4.64. The summed E-state index contributed by atoms with van der Waals surface area (Å²) in [6.07, 6.45) is 0. The van der Waals surface area contributed by atoms with Crippen molar-refractivity contribution in [1.29, 1.82) is 0 Å². The molecule has 0 atom stereocenters. The lowest BCUT2D eigenvalue weighted by atomic mass is 9.80. The Balaban J connectivity index is 1.18. The van der Waals surface area contributed by atoms with E-state index in [1.807, 2.05) is 60.7 Å². The van der Waals surface area contributed by atoms with Gasteiger partial charge in [-0.05, 0) is 23.3 Å². The summed E-state index contributed by atoms with van der Waals surface area (Å²) in [5.41, 5.74) is 12.2. The lowest BCUT2D eigenvalue weighted by molar-refractivity contribution is 0.669. The molecule has 0 saturated carbocycles. The number of rotatable bonds is 6. The SMILES string of the molecule is CC1(C)c2c(n(-c3nc(-c4ccccc4)nc(-c4ccccc4)n3)c3ccccc23)-c2ccc3c4ccccc4n(-c4cc(-c5ccccc5)nc(-c5ccccc5)n4)c3c21. The van der Waals surface area contributed by atoms with Gasteiger partial charge < -0.3 is 0 Å². The number of benzene rings is 7. The van der Waals surface area contributed by atoms with Crippen LogP contribution in [0.4, 0.5) is 0 Å². The maximum atomic E-state index is 5.39. The smallest absolute Gasteiger partial charge is 0.238 e. The van der Waals surface area contributed by atoms with Crippen molar-refractivity contribution in [3.8, 4) is 68.4 Å². The van der Waals surface area contributed by atoms with Gasteiger partial charge >= 0.3 is 0 Å². The number of aromatic nitrogens is 7. The number of fused-ring (bicyclic) bond motifs is 9. The fraction of sp³-hybridized carbons (Fsp3) is 0.0556. The van der Waals surface area contributed by atoms with Crippen LogP contribution in [-0.2, 0) is 5.41 Å². The van der Waals surface area contributed by atoms with Crippen molar-refractivity contribution in [1.82, 2.24) is 34.1 Å². The first-order chi connectivity index (χ1) is 30.0. The molecule has 0 aliphatic heterocycles. The Morgan fingerprint density at radius 1 is 0.393 bits per heavy atom. The third-order valence-corrected chi connectivity index (χ3v) is 12.1. The molecule has 0 unspecified atom stereocenters. The second kappa shape index (κ2) is 13.5. The van der Waals surface area contributed by atoms with Crippen molar-refractivity contribution in [3.05, 3.63) is 199 Å². The Hall–Kier alpha value is -8.03. The minimum atomic E-state index is -0.448. The van der Waals surface area contributed by atoms with E-state index < -0.39 is 5.41 Å².